The molecule has 2 unspecified atom stereocenters. The summed E-state index contributed by atoms with van der Waals surface area (Å²) in [6.45, 7) is 5.69. The van der Waals surface area contributed by atoms with E-state index in [1.54, 1.807) is 6.07 Å². The molecule has 23 heavy (non-hydrogen) atoms. The van der Waals surface area contributed by atoms with Crippen molar-refractivity contribution >= 4 is 11.0 Å². The van der Waals surface area contributed by atoms with Crippen LogP contribution in [-0.2, 0) is 13.0 Å². The highest BCUT2D eigenvalue weighted by molar-refractivity contribution is 5.80. The Hall–Kier alpha value is -1.65. The molecule has 0 spiro atoms. The molecule has 0 amide bonds. The van der Waals surface area contributed by atoms with E-state index in [-0.39, 0.29) is 11.7 Å². The smallest absolute Gasteiger partial charge is 0.336 e. The summed E-state index contributed by atoms with van der Waals surface area (Å²) in [5.74, 6) is 0. The summed E-state index contributed by atoms with van der Waals surface area (Å²) in [5.41, 5.74) is 2.59. The summed E-state index contributed by atoms with van der Waals surface area (Å²) in [6.07, 6.45) is 3.69. The summed E-state index contributed by atoms with van der Waals surface area (Å²) in [6, 6.07) is 8.14. The first-order valence-corrected chi connectivity index (χ1v) is 8.54. The Kier molecular flexibility index (Phi) is 4.83. The third-order valence-electron chi connectivity index (χ3n) is 4.79. The van der Waals surface area contributed by atoms with Gasteiger partial charge in [0.25, 0.3) is 0 Å². The molecule has 0 saturated carbocycles. The third-order valence-corrected chi connectivity index (χ3v) is 4.79. The van der Waals surface area contributed by atoms with Crippen molar-refractivity contribution in [3.63, 3.8) is 0 Å². The number of aliphatic hydroxyl groups is 1. The number of rotatable bonds is 5. The Morgan fingerprint density at radius 2 is 2.22 bits per heavy atom. The molecule has 1 aliphatic heterocycles. The SMILES string of the molecule is CCc1ccc2c(CN3CCCC3CC(C)O)cc(=O)oc2c1. The van der Waals surface area contributed by atoms with Crippen molar-refractivity contribution in [1.29, 1.82) is 0 Å². The maximum absolute atomic E-state index is 11.9. The second-order valence-electron chi connectivity index (χ2n) is 6.63. The van der Waals surface area contributed by atoms with Crippen molar-refractivity contribution in [3.8, 4) is 0 Å². The molecule has 3 rings (SSSR count). The molecule has 0 bridgehead atoms. The minimum absolute atomic E-state index is 0.285. The molecular formula is C19H25NO3. The minimum atomic E-state index is -0.287. The van der Waals surface area contributed by atoms with Crippen LogP contribution in [0.4, 0.5) is 0 Å². The van der Waals surface area contributed by atoms with E-state index in [4.69, 9.17) is 4.42 Å². The van der Waals surface area contributed by atoms with Crippen molar-refractivity contribution in [3.05, 3.63) is 45.8 Å². The van der Waals surface area contributed by atoms with Gasteiger partial charge in [-0.3, -0.25) is 4.90 Å². The number of hydrogen-bond acceptors (Lipinski definition) is 4. The zero-order valence-corrected chi connectivity index (χ0v) is 13.9. The standard InChI is InChI=1S/C19H25NO3/c1-3-14-6-7-17-15(11-19(22)23-18(17)10-14)12-20-8-4-5-16(20)9-13(2)21/h6-7,10-11,13,16,21H,3-5,8-9,12H2,1-2H3. The van der Waals surface area contributed by atoms with E-state index in [9.17, 15) is 9.90 Å². The van der Waals surface area contributed by atoms with E-state index in [1.807, 2.05) is 13.0 Å². The van der Waals surface area contributed by atoms with Gasteiger partial charge in [0, 0.05) is 24.0 Å². The van der Waals surface area contributed by atoms with Gasteiger partial charge in [0.1, 0.15) is 5.58 Å². The second-order valence-corrected chi connectivity index (χ2v) is 6.63. The number of benzene rings is 1. The van der Waals surface area contributed by atoms with E-state index < -0.39 is 0 Å². The topological polar surface area (TPSA) is 53.7 Å². The first-order chi connectivity index (χ1) is 11.1. The van der Waals surface area contributed by atoms with Crippen LogP contribution >= 0.6 is 0 Å². The molecule has 2 atom stereocenters. The average molecular weight is 315 g/mol. The van der Waals surface area contributed by atoms with Crippen molar-refractivity contribution in [2.45, 2.75) is 58.2 Å². The number of aryl methyl sites for hydroxylation is 1. The fourth-order valence-corrected chi connectivity index (χ4v) is 3.61. The molecule has 2 aromatic rings. The molecule has 1 aromatic carbocycles. The normalized spacial score (nSPS) is 20.2. The maximum Gasteiger partial charge on any atom is 0.336 e. The zero-order chi connectivity index (χ0) is 16.4. The predicted molar refractivity (Wildman–Crippen MR) is 91.6 cm³/mol. The van der Waals surface area contributed by atoms with Crippen LogP contribution < -0.4 is 5.63 Å². The Bertz CT molecular complexity index is 735. The van der Waals surface area contributed by atoms with E-state index in [1.165, 1.54) is 5.56 Å². The van der Waals surface area contributed by atoms with E-state index in [0.717, 1.165) is 49.7 Å². The average Bonchev–Trinajstić information content (AvgIpc) is 2.92. The first kappa shape index (κ1) is 16.2. The van der Waals surface area contributed by atoms with Gasteiger partial charge in [0.05, 0.1) is 6.10 Å². The van der Waals surface area contributed by atoms with Crippen LogP contribution in [0, 0.1) is 0 Å². The summed E-state index contributed by atoms with van der Waals surface area (Å²) < 4.78 is 5.39. The Balaban J connectivity index is 1.91. The molecule has 4 nitrogen and oxygen atoms in total. The largest absolute Gasteiger partial charge is 0.423 e. The van der Waals surface area contributed by atoms with Crippen LogP contribution in [0.3, 0.4) is 0 Å². The van der Waals surface area contributed by atoms with Crippen molar-refractivity contribution in [1.82, 2.24) is 4.90 Å². The van der Waals surface area contributed by atoms with E-state index in [0.29, 0.717) is 11.6 Å². The summed E-state index contributed by atoms with van der Waals surface area (Å²) in [5, 5.41) is 10.7. The van der Waals surface area contributed by atoms with Gasteiger partial charge in [-0.25, -0.2) is 4.79 Å². The van der Waals surface area contributed by atoms with Crippen LogP contribution in [0.5, 0.6) is 0 Å². The van der Waals surface area contributed by atoms with E-state index in [2.05, 4.69) is 24.0 Å². The molecule has 2 heterocycles. The highest BCUT2D eigenvalue weighted by atomic mass is 16.4. The van der Waals surface area contributed by atoms with Gasteiger partial charge in [-0.05, 0) is 56.3 Å². The molecule has 1 aliphatic rings. The number of hydrogen-bond donors (Lipinski definition) is 1. The lowest BCUT2D eigenvalue weighted by Crippen LogP contribution is -2.31. The van der Waals surface area contributed by atoms with Crippen molar-refractivity contribution in [2.75, 3.05) is 6.54 Å². The lowest BCUT2D eigenvalue weighted by atomic mass is 10.0. The van der Waals surface area contributed by atoms with Gasteiger partial charge in [0.2, 0.25) is 0 Å². The molecule has 1 fully saturated rings. The number of likely N-dealkylation sites (tertiary alicyclic amines) is 1. The van der Waals surface area contributed by atoms with Crippen molar-refractivity contribution in [2.24, 2.45) is 0 Å². The molecule has 0 radical (unpaired) electrons. The predicted octanol–water partition coefficient (Wildman–Crippen LogP) is 3.09. The second kappa shape index (κ2) is 6.85. The van der Waals surface area contributed by atoms with Gasteiger partial charge in [-0.2, -0.15) is 0 Å². The lowest BCUT2D eigenvalue weighted by molar-refractivity contribution is 0.131. The highest BCUT2D eigenvalue weighted by Crippen LogP contribution is 2.26. The molecule has 1 N–H and O–H groups in total. The lowest BCUT2D eigenvalue weighted by Gasteiger charge is -2.25. The summed E-state index contributed by atoms with van der Waals surface area (Å²) in [7, 11) is 0. The zero-order valence-electron chi connectivity index (χ0n) is 13.9. The fourth-order valence-electron chi connectivity index (χ4n) is 3.61. The number of aliphatic hydroxyl groups excluding tert-OH is 1. The molecule has 4 heteroatoms. The van der Waals surface area contributed by atoms with Gasteiger partial charge >= 0.3 is 5.63 Å². The fraction of sp³-hybridized carbons (Fsp3) is 0.526. The Labute approximate surface area is 136 Å². The summed E-state index contributed by atoms with van der Waals surface area (Å²) >= 11 is 0. The van der Waals surface area contributed by atoms with Crippen LogP contribution in [0.2, 0.25) is 0 Å². The summed E-state index contributed by atoms with van der Waals surface area (Å²) in [4.78, 5) is 14.3. The maximum atomic E-state index is 11.9. The van der Waals surface area contributed by atoms with E-state index >= 15 is 0 Å². The Morgan fingerprint density at radius 1 is 1.39 bits per heavy atom. The van der Waals surface area contributed by atoms with Crippen molar-refractivity contribution < 1.29 is 9.52 Å². The third kappa shape index (κ3) is 3.65. The first-order valence-electron chi connectivity index (χ1n) is 8.54. The molecule has 1 saturated heterocycles. The van der Waals surface area contributed by atoms with Gasteiger partial charge < -0.3 is 9.52 Å². The number of fused-ring (bicyclic) bond motifs is 1. The van der Waals surface area contributed by atoms with Crippen LogP contribution in [0.1, 0.15) is 44.2 Å². The van der Waals surface area contributed by atoms with Gasteiger partial charge in [-0.15, -0.1) is 0 Å². The molecular weight excluding hydrogens is 290 g/mol. The molecule has 0 aliphatic carbocycles. The van der Waals surface area contributed by atoms with Gasteiger partial charge in [0.15, 0.2) is 0 Å². The highest BCUT2D eigenvalue weighted by Gasteiger charge is 2.26. The molecule has 1 aromatic heterocycles. The van der Waals surface area contributed by atoms with Crippen LogP contribution in [-0.4, -0.2) is 28.7 Å². The number of nitrogens with zero attached hydrogens (tertiary/aromatic N) is 1. The monoisotopic (exact) mass is 315 g/mol. The van der Waals surface area contributed by atoms with Gasteiger partial charge in [-0.1, -0.05) is 19.1 Å². The van der Waals surface area contributed by atoms with Crippen LogP contribution in [0.15, 0.2) is 33.5 Å². The molecule has 124 valence electrons. The van der Waals surface area contributed by atoms with Crippen LogP contribution in [0.25, 0.3) is 11.0 Å². The quantitative estimate of drug-likeness (QED) is 0.862. The Morgan fingerprint density at radius 3 is 2.96 bits per heavy atom. The minimum Gasteiger partial charge on any atom is -0.423 e.